The first kappa shape index (κ1) is 9.93. The van der Waals surface area contributed by atoms with Crippen molar-refractivity contribution < 1.29 is 9.32 Å². The maximum Gasteiger partial charge on any atom is 0.233 e. The highest BCUT2D eigenvalue weighted by atomic mass is 16.5. The van der Waals surface area contributed by atoms with E-state index in [-0.39, 0.29) is 22.9 Å². The van der Waals surface area contributed by atoms with E-state index in [0.29, 0.717) is 5.56 Å². The van der Waals surface area contributed by atoms with Gasteiger partial charge in [-0.15, -0.1) is 0 Å². The zero-order valence-electron chi connectivity index (χ0n) is 8.18. The lowest BCUT2D eigenvalue weighted by molar-refractivity contribution is 0.100. The van der Waals surface area contributed by atoms with Crippen molar-refractivity contribution in [3.8, 4) is 6.07 Å². The molecule has 0 unspecified atom stereocenters. The molecule has 5 heteroatoms. The number of anilines is 1. The first-order valence-electron chi connectivity index (χ1n) is 4.49. The number of nitrogen functional groups attached to an aromatic ring is 1. The van der Waals surface area contributed by atoms with Crippen molar-refractivity contribution in [1.29, 1.82) is 5.26 Å². The number of hydrogen-bond donors (Lipinski definition) is 1. The Hall–Kier alpha value is -2.61. The van der Waals surface area contributed by atoms with Gasteiger partial charge in [0.25, 0.3) is 0 Å². The average Bonchev–Trinajstić information content (AvgIpc) is 2.70. The van der Waals surface area contributed by atoms with Gasteiger partial charge in [-0.2, -0.15) is 5.26 Å². The summed E-state index contributed by atoms with van der Waals surface area (Å²) in [5.41, 5.74) is 5.90. The Labute approximate surface area is 91.1 Å². The summed E-state index contributed by atoms with van der Waals surface area (Å²) in [4.78, 5) is 11.9. The molecule has 0 fully saturated rings. The fraction of sp³-hybridized carbons (Fsp3) is 0. The van der Waals surface area contributed by atoms with E-state index in [9.17, 15) is 4.79 Å². The molecule has 0 radical (unpaired) electrons. The quantitative estimate of drug-likeness (QED) is 0.760. The molecule has 1 heterocycles. The van der Waals surface area contributed by atoms with Gasteiger partial charge in [-0.3, -0.25) is 4.79 Å². The average molecular weight is 213 g/mol. The monoisotopic (exact) mass is 213 g/mol. The van der Waals surface area contributed by atoms with Crippen LogP contribution in [-0.2, 0) is 0 Å². The molecule has 0 amide bonds. The number of aromatic nitrogens is 1. The standard InChI is InChI=1S/C11H7N3O2/c12-6-8-9(13)11(16-14-8)10(15)7-4-2-1-3-5-7/h1-5H,13H2. The lowest BCUT2D eigenvalue weighted by Crippen LogP contribution is -2.03. The molecule has 0 aliphatic carbocycles. The van der Waals surface area contributed by atoms with E-state index < -0.39 is 0 Å². The molecule has 2 aromatic rings. The summed E-state index contributed by atoms with van der Waals surface area (Å²) in [5, 5.41) is 12.0. The number of carbonyl (C=O) groups excluding carboxylic acids is 1. The molecule has 0 saturated heterocycles. The van der Waals surface area contributed by atoms with E-state index in [1.807, 2.05) is 0 Å². The molecule has 0 spiro atoms. The lowest BCUT2D eigenvalue weighted by Gasteiger charge is -1.96. The minimum Gasteiger partial charge on any atom is -0.393 e. The molecule has 78 valence electrons. The summed E-state index contributed by atoms with van der Waals surface area (Å²) in [6, 6.07) is 10.3. The summed E-state index contributed by atoms with van der Waals surface area (Å²) < 4.78 is 4.76. The van der Waals surface area contributed by atoms with Crippen LogP contribution in [0.3, 0.4) is 0 Å². The number of nitrogens with zero attached hydrogens (tertiary/aromatic N) is 2. The van der Waals surface area contributed by atoms with Gasteiger partial charge in [0.15, 0.2) is 0 Å². The summed E-state index contributed by atoms with van der Waals surface area (Å²) in [6.07, 6.45) is 0. The molecule has 2 rings (SSSR count). The summed E-state index contributed by atoms with van der Waals surface area (Å²) >= 11 is 0. The molecule has 1 aromatic heterocycles. The number of ketones is 1. The van der Waals surface area contributed by atoms with Gasteiger partial charge in [-0.25, -0.2) is 0 Å². The second-order valence-electron chi connectivity index (χ2n) is 3.08. The van der Waals surface area contributed by atoms with Crippen LogP contribution in [0.2, 0.25) is 0 Å². The van der Waals surface area contributed by atoms with Crippen molar-refractivity contribution in [2.24, 2.45) is 0 Å². The lowest BCUT2D eigenvalue weighted by atomic mass is 10.1. The van der Waals surface area contributed by atoms with Gasteiger partial charge in [0.1, 0.15) is 11.8 Å². The van der Waals surface area contributed by atoms with Crippen molar-refractivity contribution in [2.45, 2.75) is 0 Å². The van der Waals surface area contributed by atoms with Crippen LogP contribution < -0.4 is 5.73 Å². The zero-order chi connectivity index (χ0) is 11.5. The van der Waals surface area contributed by atoms with Gasteiger partial charge < -0.3 is 10.3 Å². The van der Waals surface area contributed by atoms with E-state index in [2.05, 4.69) is 5.16 Å². The number of nitriles is 1. The summed E-state index contributed by atoms with van der Waals surface area (Å²) in [5.74, 6) is -0.477. The Morgan fingerprint density at radius 2 is 2.06 bits per heavy atom. The van der Waals surface area contributed by atoms with Crippen LogP contribution in [0.4, 0.5) is 5.69 Å². The Kier molecular flexibility index (Phi) is 2.40. The molecule has 2 N–H and O–H groups in total. The molecule has 0 aliphatic rings. The highest BCUT2D eigenvalue weighted by molar-refractivity contribution is 6.10. The van der Waals surface area contributed by atoms with E-state index in [0.717, 1.165) is 0 Å². The van der Waals surface area contributed by atoms with Gasteiger partial charge in [-0.05, 0) is 0 Å². The van der Waals surface area contributed by atoms with Crippen LogP contribution in [0.15, 0.2) is 34.9 Å². The van der Waals surface area contributed by atoms with Gasteiger partial charge in [0.05, 0.1) is 0 Å². The van der Waals surface area contributed by atoms with E-state index in [1.54, 1.807) is 36.4 Å². The Balaban J connectivity index is 2.43. The van der Waals surface area contributed by atoms with Crippen LogP contribution in [0, 0.1) is 11.3 Å². The zero-order valence-corrected chi connectivity index (χ0v) is 8.18. The number of rotatable bonds is 2. The SMILES string of the molecule is N#Cc1noc(C(=O)c2ccccc2)c1N. The summed E-state index contributed by atoms with van der Waals surface area (Å²) in [7, 11) is 0. The first-order valence-corrected chi connectivity index (χ1v) is 4.49. The smallest absolute Gasteiger partial charge is 0.233 e. The highest BCUT2D eigenvalue weighted by Gasteiger charge is 2.20. The molecular formula is C11H7N3O2. The van der Waals surface area contributed by atoms with E-state index in [4.69, 9.17) is 15.5 Å². The second-order valence-corrected chi connectivity index (χ2v) is 3.08. The number of hydrogen-bond acceptors (Lipinski definition) is 5. The van der Waals surface area contributed by atoms with Crippen LogP contribution in [0.5, 0.6) is 0 Å². The number of carbonyl (C=O) groups is 1. The predicted octanol–water partition coefficient (Wildman–Crippen LogP) is 1.36. The molecule has 0 atom stereocenters. The molecule has 16 heavy (non-hydrogen) atoms. The molecular weight excluding hydrogens is 206 g/mol. The Morgan fingerprint density at radius 1 is 1.38 bits per heavy atom. The van der Waals surface area contributed by atoms with Crippen molar-refractivity contribution >= 4 is 11.5 Å². The fourth-order valence-corrected chi connectivity index (χ4v) is 1.26. The minimum atomic E-state index is -0.382. The minimum absolute atomic E-state index is 0.0173. The van der Waals surface area contributed by atoms with Crippen molar-refractivity contribution in [2.75, 3.05) is 5.73 Å². The van der Waals surface area contributed by atoms with Crippen LogP contribution in [-0.4, -0.2) is 10.9 Å². The normalized spacial score (nSPS) is 9.69. The van der Waals surface area contributed by atoms with Crippen LogP contribution in [0.25, 0.3) is 0 Å². The van der Waals surface area contributed by atoms with Crippen molar-refractivity contribution in [3.63, 3.8) is 0 Å². The van der Waals surface area contributed by atoms with Gasteiger partial charge in [-0.1, -0.05) is 35.5 Å². The molecule has 0 bridgehead atoms. The van der Waals surface area contributed by atoms with Gasteiger partial charge in [0.2, 0.25) is 17.2 Å². The second kappa shape index (κ2) is 3.87. The van der Waals surface area contributed by atoms with Crippen LogP contribution >= 0.6 is 0 Å². The molecule has 5 nitrogen and oxygen atoms in total. The van der Waals surface area contributed by atoms with Crippen molar-refractivity contribution in [3.05, 3.63) is 47.3 Å². The van der Waals surface area contributed by atoms with Gasteiger partial charge in [0, 0.05) is 5.56 Å². The Morgan fingerprint density at radius 3 is 2.62 bits per heavy atom. The third-order valence-electron chi connectivity index (χ3n) is 2.08. The number of nitrogens with two attached hydrogens (primary N) is 1. The predicted molar refractivity (Wildman–Crippen MR) is 55.5 cm³/mol. The van der Waals surface area contributed by atoms with E-state index in [1.165, 1.54) is 0 Å². The highest BCUT2D eigenvalue weighted by Crippen LogP contribution is 2.19. The maximum atomic E-state index is 11.9. The fourth-order valence-electron chi connectivity index (χ4n) is 1.26. The topological polar surface area (TPSA) is 92.9 Å². The third kappa shape index (κ3) is 1.53. The maximum absolute atomic E-state index is 11.9. The third-order valence-corrected chi connectivity index (χ3v) is 2.08. The van der Waals surface area contributed by atoms with Gasteiger partial charge >= 0.3 is 0 Å². The molecule has 0 saturated carbocycles. The van der Waals surface area contributed by atoms with Crippen LogP contribution in [0.1, 0.15) is 21.8 Å². The molecule has 1 aromatic carbocycles. The number of benzene rings is 1. The largest absolute Gasteiger partial charge is 0.393 e. The Bertz CT molecular complexity index is 567. The molecule has 0 aliphatic heterocycles. The first-order chi connectivity index (χ1) is 7.74. The van der Waals surface area contributed by atoms with E-state index >= 15 is 0 Å². The van der Waals surface area contributed by atoms with Crippen molar-refractivity contribution in [1.82, 2.24) is 5.16 Å². The summed E-state index contributed by atoms with van der Waals surface area (Å²) in [6.45, 7) is 0.